The highest BCUT2D eigenvalue weighted by atomic mass is 16.3. The summed E-state index contributed by atoms with van der Waals surface area (Å²) in [5.41, 5.74) is 4.76. The Balaban J connectivity index is 1.60. The largest absolute Gasteiger partial charge is 0.507 e. The summed E-state index contributed by atoms with van der Waals surface area (Å²) in [5.74, 6) is -0.519. The van der Waals surface area contributed by atoms with E-state index >= 15 is 0 Å². The van der Waals surface area contributed by atoms with Gasteiger partial charge in [-0.05, 0) is 42.8 Å². The second-order valence-corrected chi connectivity index (χ2v) is 7.02. The first-order valence-corrected chi connectivity index (χ1v) is 9.19. The summed E-state index contributed by atoms with van der Waals surface area (Å²) in [7, 11) is 0. The van der Waals surface area contributed by atoms with E-state index in [4.69, 9.17) is 0 Å². The van der Waals surface area contributed by atoms with E-state index in [-0.39, 0.29) is 11.3 Å². The molecule has 0 saturated heterocycles. The van der Waals surface area contributed by atoms with Gasteiger partial charge in [0.15, 0.2) is 0 Å². The fraction of sp³-hybridized carbons (Fsp3) is 0.130. The summed E-state index contributed by atoms with van der Waals surface area (Å²) in [6.07, 6.45) is 3.66. The second-order valence-electron chi connectivity index (χ2n) is 7.02. The Labute approximate surface area is 162 Å². The quantitative estimate of drug-likeness (QED) is 0.398. The lowest BCUT2D eigenvalue weighted by atomic mass is 10.1. The first kappa shape index (κ1) is 17.8. The van der Waals surface area contributed by atoms with Crippen molar-refractivity contribution in [3.63, 3.8) is 0 Å². The maximum Gasteiger partial charge on any atom is 0.275 e. The molecule has 2 N–H and O–H groups in total. The molecular weight excluding hydrogens is 350 g/mol. The number of hydrogen-bond acceptors (Lipinski definition) is 3. The fourth-order valence-electron chi connectivity index (χ4n) is 3.39. The number of hydrazone groups is 1. The summed E-state index contributed by atoms with van der Waals surface area (Å²) >= 11 is 0. The van der Waals surface area contributed by atoms with E-state index in [9.17, 15) is 9.90 Å². The fourth-order valence-corrected chi connectivity index (χ4v) is 3.39. The van der Waals surface area contributed by atoms with Crippen LogP contribution < -0.4 is 5.43 Å². The van der Waals surface area contributed by atoms with Crippen molar-refractivity contribution >= 4 is 33.8 Å². The Hall–Kier alpha value is -3.60. The molecule has 0 fully saturated rings. The number of benzene rings is 3. The third-order valence-electron chi connectivity index (χ3n) is 4.81. The smallest absolute Gasteiger partial charge is 0.275 e. The number of phenolic OH excluding ortho intramolecular Hbond substituents is 1. The Kier molecular flexibility index (Phi) is 4.57. The average molecular weight is 371 g/mol. The molecule has 0 aliphatic carbocycles. The maximum absolute atomic E-state index is 12.5. The van der Waals surface area contributed by atoms with Gasteiger partial charge in [0.05, 0.1) is 11.8 Å². The third-order valence-corrected chi connectivity index (χ3v) is 4.81. The van der Waals surface area contributed by atoms with Crippen LogP contribution in [0.15, 0.2) is 72.0 Å². The summed E-state index contributed by atoms with van der Waals surface area (Å²) in [6.45, 7) is 4.25. The summed E-state index contributed by atoms with van der Waals surface area (Å²) < 4.78 is 2.17. The van der Waals surface area contributed by atoms with Crippen LogP contribution in [0.2, 0.25) is 0 Å². The average Bonchev–Trinajstić information content (AvgIpc) is 3.06. The topological polar surface area (TPSA) is 66.6 Å². The predicted octanol–water partition coefficient (Wildman–Crippen LogP) is 4.84. The van der Waals surface area contributed by atoms with Crippen LogP contribution in [0, 0.1) is 0 Å². The minimum absolute atomic E-state index is 0.0668. The first-order chi connectivity index (χ1) is 13.5. The van der Waals surface area contributed by atoms with Gasteiger partial charge < -0.3 is 9.67 Å². The lowest BCUT2D eigenvalue weighted by molar-refractivity contribution is 0.0952. The van der Waals surface area contributed by atoms with Gasteiger partial charge in [0.2, 0.25) is 0 Å². The van der Waals surface area contributed by atoms with Crippen LogP contribution in [-0.4, -0.2) is 21.8 Å². The molecule has 4 aromatic rings. The molecule has 0 saturated carbocycles. The van der Waals surface area contributed by atoms with Gasteiger partial charge in [-0.2, -0.15) is 5.10 Å². The van der Waals surface area contributed by atoms with E-state index < -0.39 is 5.91 Å². The minimum Gasteiger partial charge on any atom is -0.507 e. The number of nitrogens with zero attached hydrogens (tertiary/aromatic N) is 2. The van der Waals surface area contributed by atoms with E-state index in [0.29, 0.717) is 6.04 Å². The molecule has 3 aromatic carbocycles. The van der Waals surface area contributed by atoms with E-state index in [1.165, 1.54) is 0 Å². The Morgan fingerprint density at radius 1 is 1.07 bits per heavy atom. The van der Waals surface area contributed by atoms with Crippen molar-refractivity contribution in [3.05, 3.63) is 78.0 Å². The van der Waals surface area contributed by atoms with Crippen LogP contribution >= 0.6 is 0 Å². The van der Waals surface area contributed by atoms with Gasteiger partial charge in [0, 0.05) is 28.7 Å². The number of amides is 1. The Bertz CT molecular complexity index is 1210. The molecule has 5 heteroatoms. The lowest BCUT2D eigenvalue weighted by Crippen LogP contribution is -2.17. The van der Waals surface area contributed by atoms with E-state index in [0.717, 1.165) is 27.2 Å². The Morgan fingerprint density at radius 3 is 2.50 bits per heavy atom. The van der Waals surface area contributed by atoms with Crippen LogP contribution in [0.5, 0.6) is 5.75 Å². The molecule has 0 aliphatic rings. The van der Waals surface area contributed by atoms with Crippen molar-refractivity contribution in [3.8, 4) is 5.75 Å². The van der Waals surface area contributed by atoms with Crippen LogP contribution in [0.4, 0.5) is 0 Å². The molecule has 0 unspecified atom stereocenters. The molecule has 0 radical (unpaired) electrons. The highest BCUT2D eigenvalue weighted by Gasteiger charge is 2.12. The number of phenols is 1. The zero-order valence-electron chi connectivity index (χ0n) is 15.8. The molecule has 1 aromatic heterocycles. The number of para-hydroxylation sites is 1. The van der Waals surface area contributed by atoms with Crippen molar-refractivity contribution in [1.82, 2.24) is 9.99 Å². The number of fused-ring (bicyclic) bond motifs is 2. The molecule has 0 atom stereocenters. The molecule has 140 valence electrons. The van der Waals surface area contributed by atoms with Gasteiger partial charge in [0.25, 0.3) is 5.91 Å². The maximum atomic E-state index is 12.5. The van der Waals surface area contributed by atoms with Crippen LogP contribution in [0.3, 0.4) is 0 Å². The molecule has 28 heavy (non-hydrogen) atoms. The molecule has 4 rings (SSSR count). The van der Waals surface area contributed by atoms with Crippen molar-refractivity contribution in [2.45, 2.75) is 19.9 Å². The SMILES string of the molecule is CC(C)n1cc(C=NNC(=O)c2cc3ccccc3cc2O)c2ccccc21. The Morgan fingerprint density at radius 2 is 1.75 bits per heavy atom. The zero-order chi connectivity index (χ0) is 19.7. The third kappa shape index (κ3) is 3.22. The number of aromatic nitrogens is 1. The normalized spacial score (nSPS) is 11.7. The van der Waals surface area contributed by atoms with Crippen molar-refractivity contribution in [1.29, 1.82) is 0 Å². The number of aromatic hydroxyl groups is 1. The van der Waals surface area contributed by atoms with Gasteiger partial charge in [0.1, 0.15) is 5.75 Å². The monoisotopic (exact) mass is 371 g/mol. The minimum atomic E-state index is -0.452. The van der Waals surface area contributed by atoms with Gasteiger partial charge in [-0.1, -0.05) is 42.5 Å². The second kappa shape index (κ2) is 7.19. The standard InChI is InChI=1S/C23H21N3O2/c1-15(2)26-14-18(19-9-5-6-10-21(19)26)13-24-25-23(28)20-11-16-7-3-4-8-17(16)12-22(20)27/h3-15,27H,1-2H3,(H,25,28). The van der Waals surface area contributed by atoms with Gasteiger partial charge in [-0.25, -0.2) is 5.43 Å². The highest BCUT2D eigenvalue weighted by Crippen LogP contribution is 2.25. The number of rotatable bonds is 4. The summed E-state index contributed by atoms with van der Waals surface area (Å²) in [4.78, 5) is 12.5. The molecule has 0 spiro atoms. The van der Waals surface area contributed by atoms with Gasteiger partial charge >= 0.3 is 0 Å². The number of hydrogen-bond donors (Lipinski definition) is 2. The molecule has 0 aliphatic heterocycles. The number of nitrogens with one attached hydrogen (secondary N) is 1. The summed E-state index contributed by atoms with van der Waals surface area (Å²) in [6, 6.07) is 19.2. The predicted molar refractivity (Wildman–Crippen MR) is 113 cm³/mol. The van der Waals surface area contributed by atoms with Crippen molar-refractivity contribution in [2.75, 3.05) is 0 Å². The van der Waals surface area contributed by atoms with Gasteiger partial charge in [-0.3, -0.25) is 4.79 Å². The molecule has 0 bridgehead atoms. The highest BCUT2D eigenvalue weighted by molar-refractivity contribution is 6.03. The molecule has 1 amide bonds. The summed E-state index contributed by atoms with van der Waals surface area (Å²) in [5, 5.41) is 17.1. The van der Waals surface area contributed by atoms with Crippen LogP contribution in [0.1, 0.15) is 35.8 Å². The van der Waals surface area contributed by atoms with E-state index in [1.807, 2.05) is 48.7 Å². The van der Waals surface area contributed by atoms with Crippen LogP contribution in [0.25, 0.3) is 21.7 Å². The number of carbonyl (C=O) groups is 1. The van der Waals surface area contributed by atoms with Gasteiger partial charge in [-0.15, -0.1) is 0 Å². The van der Waals surface area contributed by atoms with E-state index in [2.05, 4.69) is 35.0 Å². The van der Waals surface area contributed by atoms with Crippen molar-refractivity contribution in [2.24, 2.45) is 5.10 Å². The zero-order valence-corrected chi connectivity index (χ0v) is 15.8. The first-order valence-electron chi connectivity index (χ1n) is 9.19. The number of carbonyl (C=O) groups excluding carboxylic acids is 1. The molecule has 5 nitrogen and oxygen atoms in total. The van der Waals surface area contributed by atoms with E-state index in [1.54, 1.807) is 18.3 Å². The van der Waals surface area contributed by atoms with Crippen LogP contribution in [-0.2, 0) is 0 Å². The molecule has 1 heterocycles. The molecular formula is C23H21N3O2. The lowest BCUT2D eigenvalue weighted by Gasteiger charge is -2.08. The van der Waals surface area contributed by atoms with Crippen molar-refractivity contribution < 1.29 is 9.90 Å².